The van der Waals surface area contributed by atoms with Crippen molar-refractivity contribution in [3.63, 3.8) is 0 Å². The summed E-state index contributed by atoms with van der Waals surface area (Å²) in [5, 5.41) is 5.16. The molecule has 2 N–H and O–H groups in total. The number of hydrogen-bond donors (Lipinski definition) is 2. The molecule has 0 saturated carbocycles. The summed E-state index contributed by atoms with van der Waals surface area (Å²) in [6.45, 7) is 0.0419. The number of benzene rings is 2. The number of urea groups is 1. The van der Waals surface area contributed by atoms with E-state index in [0.717, 1.165) is 6.07 Å². The van der Waals surface area contributed by atoms with Crippen molar-refractivity contribution < 1.29 is 22.7 Å². The number of para-hydroxylation sites is 1. The molecule has 0 unspecified atom stereocenters. The lowest BCUT2D eigenvalue weighted by Gasteiger charge is -2.19. The van der Waals surface area contributed by atoms with Crippen LogP contribution in [0.4, 0.5) is 23.7 Å². The second-order valence-electron chi connectivity index (χ2n) is 5.12. The van der Waals surface area contributed by atoms with Crippen LogP contribution in [0, 0.1) is 0 Å². The van der Waals surface area contributed by atoms with Crippen LogP contribution in [0.2, 0.25) is 5.02 Å². The van der Waals surface area contributed by atoms with Crippen molar-refractivity contribution >= 4 is 23.3 Å². The quantitative estimate of drug-likeness (QED) is 0.786. The Morgan fingerprint density at radius 1 is 1.16 bits per heavy atom. The summed E-state index contributed by atoms with van der Waals surface area (Å²) >= 11 is 6.08. The molecule has 0 spiro atoms. The van der Waals surface area contributed by atoms with Crippen molar-refractivity contribution in [1.29, 1.82) is 0 Å². The van der Waals surface area contributed by atoms with Gasteiger partial charge in [0.25, 0.3) is 0 Å². The molecule has 8 heteroatoms. The topological polar surface area (TPSA) is 50.4 Å². The van der Waals surface area contributed by atoms with Gasteiger partial charge in [-0.05, 0) is 18.2 Å². The highest BCUT2D eigenvalue weighted by atomic mass is 35.5. The number of ether oxygens (including phenoxy) is 1. The van der Waals surface area contributed by atoms with Crippen LogP contribution in [0.15, 0.2) is 48.5 Å². The van der Waals surface area contributed by atoms with Crippen LogP contribution < -0.4 is 10.6 Å². The van der Waals surface area contributed by atoms with E-state index in [2.05, 4.69) is 10.6 Å². The Hall–Kier alpha value is -2.25. The van der Waals surface area contributed by atoms with Crippen LogP contribution in [-0.2, 0) is 10.9 Å². The monoisotopic (exact) mass is 372 g/mol. The van der Waals surface area contributed by atoms with E-state index in [1.807, 2.05) is 0 Å². The molecule has 2 aromatic carbocycles. The number of halogens is 4. The van der Waals surface area contributed by atoms with Crippen LogP contribution in [-0.4, -0.2) is 19.7 Å². The fourth-order valence-corrected chi connectivity index (χ4v) is 2.51. The fourth-order valence-electron chi connectivity index (χ4n) is 2.25. The molecular formula is C17H16ClF3N2O2. The molecule has 0 aromatic heterocycles. The second kappa shape index (κ2) is 8.22. The van der Waals surface area contributed by atoms with Crippen LogP contribution in [0.5, 0.6) is 0 Å². The highest BCUT2D eigenvalue weighted by Gasteiger charge is 2.33. The van der Waals surface area contributed by atoms with Crippen molar-refractivity contribution in [1.82, 2.24) is 5.32 Å². The van der Waals surface area contributed by atoms with Crippen molar-refractivity contribution in [3.05, 3.63) is 64.7 Å². The summed E-state index contributed by atoms with van der Waals surface area (Å²) in [6, 6.07) is 10.9. The lowest BCUT2D eigenvalue weighted by Crippen LogP contribution is -2.33. The van der Waals surface area contributed by atoms with Gasteiger partial charge in [0.15, 0.2) is 0 Å². The van der Waals surface area contributed by atoms with Gasteiger partial charge in [-0.25, -0.2) is 4.79 Å². The molecule has 0 heterocycles. The first-order valence-electron chi connectivity index (χ1n) is 7.31. The van der Waals surface area contributed by atoms with Gasteiger partial charge in [0, 0.05) is 24.2 Å². The highest BCUT2D eigenvalue weighted by Crippen LogP contribution is 2.34. The van der Waals surface area contributed by atoms with E-state index in [0.29, 0.717) is 10.6 Å². The predicted molar refractivity (Wildman–Crippen MR) is 89.7 cm³/mol. The molecule has 0 aliphatic rings. The Labute approximate surface area is 147 Å². The molecular weight excluding hydrogens is 357 g/mol. The molecule has 0 fully saturated rings. The van der Waals surface area contributed by atoms with Gasteiger partial charge >= 0.3 is 12.2 Å². The van der Waals surface area contributed by atoms with Gasteiger partial charge in [-0.2, -0.15) is 13.2 Å². The largest absolute Gasteiger partial charge is 0.418 e. The van der Waals surface area contributed by atoms with Crippen molar-refractivity contribution in [2.75, 3.05) is 19.0 Å². The number of carbonyl (C=O) groups is 1. The van der Waals surface area contributed by atoms with Crippen LogP contribution in [0.3, 0.4) is 0 Å². The van der Waals surface area contributed by atoms with E-state index in [4.69, 9.17) is 16.3 Å². The summed E-state index contributed by atoms with van der Waals surface area (Å²) < 4.78 is 44.1. The van der Waals surface area contributed by atoms with Gasteiger partial charge in [-0.15, -0.1) is 0 Å². The first-order valence-corrected chi connectivity index (χ1v) is 7.69. The molecule has 2 rings (SSSR count). The lowest BCUT2D eigenvalue weighted by atomic mass is 10.1. The fraction of sp³-hybridized carbons (Fsp3) is 0.235. The van der Waals surface area contributed by atoms with Crippen molar-refractivity contribution in [3.8, 4) is 0 Å². The maximum atomic E-state index is 12.9. The first-order chi connectivity index (χ1) is 11.8. The summed E-state index contributed by atoms with van der Waals surface area (Å²) in [4.78, 5) is 12.0. The van der Waals surface area contributed by atoms with Crippen LogP contribution in [0.1, 0.15) is 17.2 Å². The van der Waals surface area contributed by atoms with Gasteiger partial charge < -0.3 is 15.4 Å². The smallest absolute Gasteiger partial charge is 0.375 e. The van der Waals surface area contributed by atoms with Gasteiger partial charge in [-0.1, -0.05) is 41.9 Å². The van der Waals surface area contributed by atoms with Gasteiger partial charge in [0.05, 0.1) is 11.3 Å². The molecule has 0 radical (unpaired) electrons. The third-order valence-electron chi connectivity index (χ3n) is 3.47. The molecule has 2 amide bonds. The molecule has 1 atom stereocenters. The SMILES string of the molecule is CO[C@@H](CNC(=O)Nc1ccccc1C(F)(F)F)c1ccccc1Cl. The minimum absolute atomic E-state index is 0.0419. The van der Waals surface area contributed by atoms with E-state index in [1.165, 1.54) is 25.3 Å². The van der Waals surface area contributed by atoms with Gasteiger partial charge in [-0.3, -0.25) is 0 Å². The van der Waals surface area contributed by atoms with Gasteiger partial charge in [0.1, 0.15) is 6.10 Å². The number of rotatable bonds is 5. The molecule has 0 aliphatic heterocycles. The third-order valence-corrected chi connectivity index (χ3v) is 3.81. The Morgan fingerprint density at radius 3 is 2.44 bits per heavy atom. The Kier molecular flexibility index (Phi) is 6.27. The zero-order chi connectivity index (χ0) is 18.4. The summed E-state index contributed by atoms with van der Waals surface area (Å²) in [7, 11) is 1.45. The summed E-state index contributed by atoms with van der Waals surface area (Å²) in [5.74, 6) is 0. The van der Waals surface area contributed by atoms with Crippen molar-refractivity contribution in [2.45, 2.75) is 12.3 Å². The molecule has 4 nitrogen and oxygen atoms in total. The number of carbonyl (C=O) groups excluding carboxylic acids is 1. The Balaban J connectivity index is 2.03. The minimum atomic E-state index is -4.56. The highest BCUT2D eigenvalue weighted by molar-refractivity contribution is 6.31. The normalized spacial score (nSPS) is 12.5. The average Bonchev–Trinajstić information content (AvgIpc) is 2.56. The van der Waals surface area contributed by atoms with E-state index < -0.39 is 23.9 Å². The standard InChI is InChI=1S/C17H16ClF3N2O2/c1-25-15(11-6-2-4-8-13(11)18)10-22-16(24)23-14-9-5-3-7-12(14)17(19,20)21/h2-9,15H,10H2,1H3,(H2,22,23,24)/t15-/m0/s1. The lowest BCUT2D eigenvalue weighted by molar-refractivity contribution is -0.136. The number of alkyl halides is 3. The number of nitrogens with one attached hydrogen (secondary N) is 2. The third kappa shape index (κ3) is 5.11. The number of hydrogen-bond acceptors (Lipinski definition) is 2. The zero-order valence-electron chi connectivity index (χ0n) is 13.2. The van der Waals surface area contributed by atoms with E-state index in [1.54, 1.807) is 24.3 Å². The molecule has 0 aliphatic carbocycles. The van der Waals surface area contributed by atoms with E-state index >= 15 is 0 Å². The number of methoxy groups -OCH3 is 1. The Bertz CT molecular complexity index is 738. The van der Waals surface area contributed by atoms with E-state index in [9.17, 15) is 18.0 Å². The van der Waals surface area contributed by atoms with Crippen molar-refractivity contribution in [2.24, 2.45) is 0 Å². The van der Waals surface area contributed by atoms with Gasteiger partial charge in [0.2, 0.25) is 0 Å². The maximum absolute atomic E-state index is 12.9. The molecule has 0 bridgehead atoms. The summed E-state index contributed by atoms with van der Waals surface area (Å²) in [6.07, 6.45) is -5.09. The second-order valence-corrected chi connectivity index (χ2v) is 5.53. The number of amides is 2. The maximum Gasteiger partial charge on any atom is 0.418 e. The molecule has 25 heavy (non-hydrogen) atoms. The zero-order valence-corrected chi connectivity index (χ0v) is 14.0. The molecule has 2 aromatic rings. The number of anilines is 1. The minimum Gasteiger partial charge on any atom is -0.375 e. The Morgan fingerprint density at radius 2 is 1.80 bits per heavy atom. The van der Waals surface area contributed by atoms with E-state index in [-0.39, 0.29) is 12.2 Å². The predicted octanol–water partition coefficient (Wildman–Crippen LogP) is 4.87. The first kappa shape index (κ1) is 19.1. The molecule has 134 valence electrons. The van der Waals surface area contributed by atoms with Crippen LogP contribution in [0.25, 0.3) is 0 Å². The van der Waals surface area contributed by atoms with Crippen LogP contribution >= 0.6 is 11.6 Å². The molecule has 0 saturated heterocycles. The summed E-state index contributed by atoms with van der Waals surface area (Å²) in [5.41, 5.74) is -0.568. The average molecular weight is 373 g/mol.